The molecule has 12 heteroatoms. The van der Waals surface area contributed by atoms with Crippen molar-refractivity contribution in [1.82, 2.24) is 24.5 Å². The van der Waals surface area contributed by atoms with E-state index in [0.29, 0.717) is 52.3 Å². The van der Waals surface area contributed by atoms with Gasteiger partial charge in [-0.1, -0.05) is 6.07 Å². The van der Waals surface area contributed by atoms with E-state index >= 15 is 0 Å². The highest BCUT2D eigenvalue weighted by molar-refractivity contribution is 6.09. The summed E-state index contributed by atoms with van der Waals surface area (Å²) in [5.74, 6) is -1.44. The van der Waals surface area contributed by atoms with Crippen molar-refractivity contribution < 1.29 is 18.8 Å². The number of amides is 3. The Balaban J connectivity index is 1.16. The first-order chi connectivity index (χ1) is 19.2. The Morgan fingerprint density at radius 1 is 1.07 bits per heavy atom. The zero-order valence-corrected chi connectivity index (χ0v) is 21.7. The average Bonchev–Trinajstić information content (AvgIpc) is 3.66. The van der Waals surface area contributed by atoms with Gasteiger partial charge in [0.2, 0.25) is 5.91 Å². The van der Waals surface area contributed by atoms with Crippen LogP contribution in [0.25, 0.3) is 16.8 Å². The number of nitrogens with two attached hydrogens (primary N) is 1. The first-order valence-corrected chi connectivity index (χ1v) is 13.0. The Kier molecular flexibility index (Phi) is 6.46. The Morgan fingerprint density at radius 3 is 2.65 bits per heavy atom. The summed E-state index contributed by atoms with van der Waals surface area (Å²) in [6.07, 6.45) is 9.58. The van der Waals surface area contributed by atoms with Gasteiger partial charge in [-0.15, -0.1) is 0 Å². The number of primary amides is 1. The van der Waals surface area contributed by atoms with Crippen LogP contribution in [0.4, 0.5) is 15.8 Å². The molecule has 2 fully saturated rings. The van der Waals surface area contributed by atoms with Gasteiger partial charge >= 0.3 is 0 Å². The number of pyridine rings is 1. The van der Waals surface area contributed by atoms with Crippen molar-refractivity contribution in [2.45, 2.75) is 32.2 Å². The van der Waals surface area contributed by atoms with Gasteiger partial charge in [0.25, 0.3) is 11.8 Å². The van der Waals surface area contributed by atoms with E-state index in [4.69, 9.17) is 5.73 Å². The molecule has 3 aromatic heterocycles. The highest BCUT2D eigenvalue weighted by Gasteiger charge is 2.38. The second-order valence-corrected chi connectivity index (χ2v) is 10.3. The van der Waals surface area contributed by atoms with Crippen molar-refractivity contribution in [2.24, 2.45) is 11.7 Å². The minimum absolute atomic E-state index is 0.107. The van der Waals surface area contributed by atoms with E-state index < -0.39 is 17.6 Å². The molecule has 1 aliphatic carbocycles. The van der Waals surface area contributed by atoms with Gasteiger partial charge in [0.05, 0.1) is 70.7 Å². The summed E-state index contributed by atoms with van der Waals surface area (Å²) in [5.41, 5.74) is 8.01. The van der Waals surface area contributed by atoms with Gasteiger partial charge in [-0.2, -0.15) is 5.10 Å². The molecule has 2 unspecified atom stereocenters. The van der Waals surface area contributed by atoms with Gasteiger partial charge in [-0.05, 0) is 50.3 Å². The minimum atomic E-state index is -0.859. The predicted molar refractivity (Wildman–Crippen MR) is 145 cm³/mol. The molecule has 2 aliphatic rings. The molecule has 3 amide bonds. The number of carbonyl (C=O) groups excluding carboxylic acids is 3. The molecule has 204 valence electrons. The van der Waals surface area contributed by atoms with E-state index in [9.17, 15) is 18.8 Å². The first kappa shape index (κ1) is 25.6. The van der Waals surface area contributed by atoms with Crippen LogP contribution in [-0.2, 0) is 4.79 Å². The van der Waals surface area contributed by atoms with Crippen molar-refractivity contribution in [1.29, 1.82) is 0 Å². The molecule has 6 rings (SSSR count). The van der Waals surface area contributed by atoms with E-state index in [-0.39, 0.29) is 17.0 Å². The fraction of sp³-hybridized carbons (Fsp3) is 0.286. The first-order valence-electron chi connectivity index (χ1n) is 13.0. The molecule has 4 aromatic rings. The standard InChI is InChI=1S/C28H27FN8O3/c1-15-23(8-18(9-31-15)34-26(38)14-36-12-16-2-4-19(36)6-16)35-28(40)21-10-33-37-13-24(32-11-25(21)37)17-3-5-20(27(30)39)22(29)7-17/h3,5,7-11,13,16,19H,2,4,6,12,14H2,1H3,(H2,30,39)(H,34,38)(H,35,40). The average molecular weight is 543 g/mol. The van der Waals surface area contributed by atoms with Crippen LogP contribution in [0.15, 0.2) is 49.1 Å². The Bertz CT molecular complexity index is 1670. The van der Waals surface area contributed by atoms with E-state index in [1.54, 1.807) is 25.4 Å². The predicted octanol–water partition coefficient (Wildman–Crippen LogP) is 3.01. The van der Waals surface area contributed by atoms with E-state index in [1.165, 1.54) is 47.9 Å². The van der Waals surface area contributed by atoms with Gasteiger partial charge in [0, 0.05) is 18.2 Å². The van der Waals surface area contributed by atoms with Crippen molar-refractivity contribution in [2.75, 3.05) is 23.7 Å². The molecule has 2 bridgehead atoms. The van der Waals surface area contributed by atoms with Crippen LogP contribution in [0.5, 0.6) is 0 Å². The number of piperidine rings is 1. The lowest BCUT2D eigenvalue weighted by Crippen LogP contribution is -2.38. The molecule has 2 atom stereocenters. The molecule has 1 saturated carbocycles. The van der Waals surface area contributed by atoms with Gasteiger partial charge in [-0.25, -0.2) is 8.91 Å². The summed E-state index contributed by atoms with van der Waals surface area (Å²) >= 11 is 0. The summed E-state index contributed by atoms with van der Waals surface area (Å²) in [6.45, 7) is 3.07. The summed E-state index contributed by atoms with van der Waals surface area (Å²) in [5, 5.41) is 9.99. The van der Waals surface area contributed by atoms with Crippen LogP contribution in [0.1, 0.15) is 45.7 Å². The number of carbonyl (C=O) groups is 3. The van der Waals surface area contributed by atoms with E-state index in [0.717, 1.165) is 13.0 Å². The van der Waals surface area contributed by atoms with Crippen LogP contribution in [0.2, 0.25) is 0 Å². The van der Waals surface area contributed by atoms with Crippen LogP contribution >= 0.6 is 0 Å². The maximum Gasteiger partial charge on any atom is 0.259 e. The molecule has 1 aromatic carbocycles. The lowest BCUT2D eigenvalue weighted by atomic mass is 10.1. The fourth-order valence-corrected chi connectivity index (χ4v) is 5.60. The van der Waals surface area contributed by atoms with Gasteiger partial charge in [-0.3, -0.25) is 29.3 Å². The van der Waals surface area contributed by atoms with E-state index in [2.05, 4.69) is 30.6 Å². The molecule has 40 heavy (non-hydrogen) atoms. The second-order valence-electron chi connectivity index (χ2n) is 10.3. The molecular formula is C28H27FN8O3. The molecule has 11 nitrogen and oxygen atoms in total. The van der Waals surface area contributed by atoms with Crippen molar-refractivity contribution in [3.05, 3.63) is 71.7 Å². The van der Waals surface area contributed by atoms with Gasteiger partial charge in [0.15, 0.2) is 0 Å². The highest BCUT2D eigenvalue weighted by atomic mass is 19.1. The van der Waals surface area contributed by atoms with E-state index in [1.807, 2.05) is 0 Å². The largest absolute Gasteiger partial charge is 0.366 e. The summed E-state index contributed by atoms with van der Waals surface area (Å²) < 4.78 is 15.7. The number of anilines is 2. The topological polar surface area (TPSA) is 148 Å². The number of nitrogens with zero attached hydrogens (tertiary/aromatic N) is 5. The summed E-state index contributed by atoms with van der Waals surface area (Å²) in [7, 11) is 0. The molecule has 0 radical (unpaired) electrons. The van der Waals surface area contributed by atoms with Gasteiger partial charge < -0.3 is 16.4 Å². The number of hydrogen-bond donors (Lipinski definition) is 3. The number of rotatable bonds is 7. The van der Waals surface area contributed by atoms with Crippen molar-refractivity contribution in [3.8, 4) is 11.3 Å². The molecule has 0 spiro atoms. The molecule has 1 saturated heterocycles. The number of aryl methyl sites for hydroxylation is 1. The summed E-state index contributed by atoms with van der Waals surface area (Å²) in [4.78, 5) is 48.1. The van der Waals surface area contributed by atoms with Crippen LogP contribution in [0, 0.1) is 18.7 Å². The third-order valence-electron chi connectivity index (χ3n) is 7.67. The number of hydrogen-bond acceptors (Lipinski definition) is 7. The maximum absolute atomic E-state index is 14.2. The quantitative estimate of drug-likeness (QED) is 0.325. The zero-order chi connectivity index (χ0) is 28.0. The number of aromatic nitrogens is 4. The summed E-state index contributed by atoms with van der Waals surface area (Å²) in [6, 6.07) is 6.18. The second kappa shape index (κ2) is 10.1. The third kappa shape index (κ3) is 4.89. The molecule has 4 N–H and O–H groups in total. The Labute approximate surface area is 228 Å². The normalized spacial score (nSPS) is 18.2. The SMILES string of the molecule is Cc1ncc(NC(=O)CN2CC3CCC2C3)cc1NC(=O)c1cnn2cc(-c3ccc(C(N)=O)c(F)c3)ncc12. The van der Waals surface area contributed by atoms with Crippen molar-refractivity contribution >= 4 is 34.6 Å². The monoisotopic (exact) mass is 542 g/mol. The number of nitrogens with one attached hydrogen (secondary N) is 2. The Morgan fingerprint density at radius 2 is 1.93 bits per heavy atom. The lowest BCUT2D eigenvalue weighted by molar-refractivity contribution is -0.117. The number of halogens is 1. The van der Waals surface area contributed by atoms with Crippen LogP contribution in [0.3, 0.4) is 0 Å². The van der Waals surface area contributed by atoms with Crippen LogP contribution < -0.4 is 16.4 Å². The molecule has 4 heterocycles. The Hall–Kier alpha value is -4.71. The van der Waals surface area contributed by atoms with Crippen molar-refractivity contribution in [3.63, 3.8) is 0 Å². The smallest absolute Gasteiger partial charge is 0.259 e. The maximum atomic E-state index is 14.2. The number of benzene rings is 1. The number of fused-ring (bicyclic) bond motifs is 3. The minimum Gasteiger partial charge on any atom is -0.366 e. The van der Waals surface area contributed by atoms with Gasteiger partial charge in [0.1, 0.15) is 5.82 Å². The number of likely N-dealkylation sites (tertiary alicyclic amines) is 1. The highest BCUT2D eigenvalue weighted by Crippen LogP contribution is 2.37. The third-order valence-corrected chi connectivity index (χ3v) is 7.67. The lowest BCUT2D eigenvalue weighted by Gasteiger charge is -2.25. The molecule has 1 aliphatic heterocycles. The van der Waals surface area contributed by atoms with Crippen LogP contribution in [-0.4, -0.2) is 61.3 Å². The fourth-order valence-electron chi connectivity index (χ4n) is 5.60. The zero-order valence-electron chi connectivity index (χ0n) is 21.7. The molecular weight excluding hydrogens is 515 g/mol.